The summed E-state index contributed by atoms with van der Waals surface area (Å²) in [6, 6.07) is 9.78. The molecule has 9 heteroatoms. The fourth-order valence-corrected chi connectivity index (χ4v) is 3.59. The van der Waals surface area contributed by atoms with Gasteiger partial charge in [0.05, 0.1) is 18.8 Å². The van der Waals surface area contributed by atoms with Crippen molar-refractivity contribution in [3.05, 3.63) is 65.2 Å². The summed E-state index contributed by atoms with van der Waals surface area (Å²) in [6.45, 7) is 5.82. The molecule has 2 aromatic carbocycles. The van der Waals surface area contributed by atoms with Crippen molar-refractivity contribution in [1.82, 2.24) is 9.80 Å². The van der Waals surface area contributed by atoms with E-state index in [0.717, 1.165) is 17.7 Å². The maximum Gasteiger partial charge on any atom is 0.416 e. The monoisotopic (exact) mass is 476 g/mol. The largest absolute Gasteiger partial charge is 0.490 e. The highest BCUT2D eigenvalue weighted by molar-refractivity contribution is 5.95. The van der Waals surface area contributed by atoms with Crippen molar-refractivity contribution in [2.45, 2.75) is 20.0 Å². The fourth-order valence-electron chi connectivity index (χ4n) is 3.59. The number of benzene rings is 2. The molecule has 1 fully saturated rings. The number of rotatable bonds is 7. The van der Waals surface area contributed by atoms with Crippen LogP contribution in [0.25, 0.3) is 6.08 Å². The highest BCUT2D eigenvalue weighted by Gasteiger charge is 2.32. The SMILES string of the molecule is CCOc1ccc(/C=C/C(=O)N2CCN(C(=O)c3cccc(C(F)(F)F)c3)CC2)cc1OCC. The number of piperazine rings is 1. The Morgan fingerprint density at radius 1 is 0.912 bits per heavy atom. The smallest absolute Gasteiger partial charge is 0.416 e. The third-order valence-electron chi connectivity index (χ3n) is 5.30. The van der Waals surface area contributed by atoms with Crippen LogP contribution in [0.2, 0.25) is 0 Å². The molecule has 0 saturated carbocycles. The number of halogens is 3. The first kappa shape index (κ1) is 25.1. The van der Waals surface area contributed by atoms with Crippen LogP contribution in [0.3, 0.4) is 0 Å². The first-order chi connectivity index (χ1) is 16.2. The van der Waals surface area contributed by atoms with Gasteiger partial charge < -0.3 is 19.3 Å². The molecule has 6 nitrogen and oxygen atoms in total. The van der Waals surface area contributed by atoms with Gasteiger partial charge in [0.25, 0.3) is 5.91 Å². The molecule has 3 rings (SSSR count). The van der Waals surface area contributed by atoms with Crippen molar-refractivity contribution in [2.24, 2.45) is 0 Å². The van der Waals surface area contributed by atoms with Crippen LogP contribution >= 0.6 is 0 Å². The van der Waals surface area contributed by atoms with Gasteiger partial charge in [0.15, 0.2) is 11.5 Å². The molecule has 1 aliphatic rings. The Bertz CT molecular complexity index is 1040. The van der Waals surface area contributed by atoms with Gasteiger partial charge in [-0.2, -0.15) is 13.2 Å². The average molecular weight is 476 g/mol. The van der Waals surface area contributed by atoms with Crippen molar-refractivity contribution in [1.29, 1.82) is 0 Å². The van der Waals surface area contributed by atoms with Gasteiger partial charge in [-0.05, 0) is 55.8 Å². The molecular formula is C25H27F3N2O4. The van der Waals surface area contributed by atoms with Crippen LogP contribution < -0.4 is 9.47 Å². The molecule has 2 aromatic rings. The van der Waals surface area contributed by atoms with E-state index in [2.05, 4.69) is 0 Å². The molecule has 0 radical (unpaired) electrons. The lowest BCUT2D eigenvalue weighted by molar-refractivity contribution is -0.137. The molecular weight excluding hydrogens is 449 g/mol. The van der Waals surface area contributed by atoms with E-state index in [1.807, 2.05) is 19.9 Å². The van der Waals surface area contributed by atoms with Crippen molar-refractivity contribution < 1.29 is 32.2 Å². The number of amides is 2. The summed E-state index contributed by atoms with van der Waals surface area (Å²) in [5.74, 6) is 0.541. The third-order valence-corrected chi connectivity index (χ3v) is 5.30. The summed E-state index contributed by atoms with van der Waals surface area (Å²) in [5, 5.41) is 0. The second-order valence-electron chi connectivity index (χ2n) is 7.60. The minimum Gasteiger partial charge on any atom is -0.490 e. The molecule has 0 aromatic heterocycles. The summed E-state index contributed by atoms with van der Waals surface area (Å²) in [5.41, 5.74) is -0.104. The normalized spacial score (nSPS) is 14.4. The standard InChI is InChI=1S/C25H27F3N2O4/c1-3-33-21-10-8-18(16-22(21)34-4-2)9-11-23(31)29-12-14-30(15-13-29)24(32)19-6-5-7-20(17-19)25(26,27)28/h5-11,16-17H,3-4,12-15H2,1-2H3/b11-9+. The maximum atomic E-state index is 12.9. The quantitative estimate of drug-likeness (QED) is 0.552. The molecule has 0 N–H and O–H groups in total. The molecule has 0 atom stereocenters. The highest BCUT2D eigenvalue weighted by Crippen LogP contribution is 2.30. The van der Waals surface area contributed by atoms with Crippen LogP contribution in [0.4, 0.5) is 13.2 Å². The van der Waals surface area contributed by atoms with Crippen LogP contribution in [0.5, 0.6) is 11.5 Å². The lowest BCUT2D eigenvalue weighted by atomic mass is 10.1. The zero-order chi connectivity index (χ0) is 24.7. The van der Waals surface area contributed by atoms with E-state index in [1.54, 1.807) is 23.1 Å². The molecule has 0 unspecified atom stereocenters. The first-order valence-electron chi connectivity index (χ1n) is 11.1. The van der Waals surface area contributed by atoms with E-state index in [4.69, 9.17) is 9.47 Å². The Kier molecular flexibility index (Phi) is 8.20. The zero-order valence-corrected chi connectivity index (χ0v) is 19.1. The van der Waals surface area contributed by atoms with Crippen LogP contribution in [0.1, 0.15) is 35.3 Å². The number of carbonyl (C=O) groups excluding carboxylic acids is 2. The molecule has 0 spiro atoms. The maximum absolute atomic E-state index is 12.9. The second kappa shape index (κ2) is 11.1. The summed E-state index contributed by atoms with van der Waals surface area (Å²) in [4.78, 5) is 28.3. The summed E-state index contributed by atoms with van der Waals surface area (Å²) < 4.78 is 49.9. The Morgan fingerprint density at radius 3 is 2.21 bits per heavy atom. The number of alkyl halides is 3. The predicted molar refractivity (Wildman–Crippen MR) is 122 cm³/mol. The Balaban J connectivity index is 1.59. The van der Waals surface area contributed by atoms with Crippen molar-refractivity contribution >= 4 is 17.9 Å². The third kappa shape index (κ3) is 6.30. The van der Waals surface area contributed by atoms with E-state index in [-0.39, 0.29) is 24.6 Å². The Hall–Kier alpha value is -3.49. The topological polar surface area (TPSA) is 59.1 Å². The van der Waals surface area contributed by atoms with Gasteiger partial charge in [-0.15, -0.1) is 0 Å². The summed E-state index contributed by atoms with van der Waals surface area (Å²) in [7, 11) is 0. The van der Waals surface area contributed by atoms with E-state index < -0.39 is 17.6 Å². The molecule has 34 heavy (non-hydrogen) atoms. The summed E-state index contributed by atoms with van der Waals surface area (Å²) in [6.07, 6.45) is -1.38. The van der Waals surface area contributed by atoms with Crippen LogP contribution in [0.15, 0.2) is 48.5 Å². The van der Waals surface area contributed by atoms with Gasteiger partial charge in [-0.3, -0.25) is 9.59 Å². The van der Waals surface area contributed by atoms with E-state index >= 15 is 0 Å². The van der Waals surface area contributed by atoms with Crippen LogP contribution in [-0.4, -0.2) is 61.0 Å². The summed E-state index contributed by atoms with van der Waals surface area (Å²) >= 11 is 0. The first-order valence-corrected chi connectivity index (χ1v) is 11.1. The predicted octanol–water partition coefficient (Wildman–Crippen LogP) is 4.50. The number of hydrogen-bond donors (Lipinski definition) is 0. The average Bonchev–Trinajstić information content (AvgIpc) is 2.83. The van der Waals surface area contributed by atoms with Gasteiger partial charge in [0, 0.05) is 37.8 Å². The van der Waals surface area contributed by atoms with Gasteiger partial charge in [0.2, 0.25) is 5.91 Å². The van der Waals surface area contributed by atoms with Crippen molar-refractivity contribution in [2.75, 3.05) is 39.4 Å². The van der Waals surface area contributed by atoms with E-state index in [0.29, 0.717) is 37.8 Å². The molecule has 2 amide bonds. The lowest BCUT2D eigenvalue weighted by Crippen LogP contribution is -2.50. The van der Waals surface area contributed by atoms with Crippen molar-refractivity contribution in [3.63, 3.8) is 0 Å². The fraction of sp³-hybridized carbons (Fsp3) is 0.360. The molecule has 1 saturated heterocycles. The number of hydrogen-bond acceptors (Lipinski definition) is 4. The number of nitrogens with zero attached hydrogens (tertiary/aromatic N) is 2. The molecule has 1 heterocycles. The van der Waals surface area contributed by atoms with Gasteiger partial charge >= 0.3 is 6.18 Å². The van der Waals surface area contributed by atoms with E-state index in [1.165, 1.54) is 23.1 Å². The van der Waals surface area contributed by atoms with Gasteiger partial charge in [-0.1, -0.05) is 12.1 Å². The van der Waals surface area contributed by atoms with Gasteiger partial charge in [0.1, 0.15) is 0 Å². The zero-order valence-electron chi connectivity index (χ0n) is 19.1. The van der Waals surface area contributed by atoms with Crippen LogP contribution in [0, 0.1) is 0 Å². The second-order valence-corrected chi connectivity index (χ2v) is 7.60. The number of carbonyl (C=O) groups is 2. The molecule has 0 aliphatic carbocycles. The van der Waals surface area contributed by atoms with E-state index in [9.17, 15) is 22.8 Å². The molecule has 182 valence electrons. The minimum atomic E-state index is -4.51. The lowest BCUT2D eigenvalue weighted by Gasteiger charge is -2.34. The Labute approximate surface area is 196 Å². The Morgan fingerprint density at radius 2 is 1.56 bits per heavy atom. The van der Waals surface area contributed by atoms with Crippen LogP contribution in [-0.2, 0) is 11.0 Å². The molecule has 1 aliphatic heterocycles. The van der Waals surface area contributed by atoms with Crippen molar-refractivity contribution in [3.8, 4) is 11.5 Å². The number of ether oxygens (including phenoxy) is 2. The minimum absolute atomic E-state index is 0.0184. The molecule has 0 bridgehead atoms. The van der Waals surface area contributed by atoms with Gasteiger partial charge in [-0.25, -0.2) is 0 Å². The highest BCUT2D eigenvalue weighted by atomic mass is 19.4.